The van der Waals surface area contributed by atoms with Crippen LogP contribution in [0.15, 0.2) is 48.5 Å². The van der Waals surface area contributed by atoms with Crippen LogP contribution in [0.2, 0.25) is 0 Å². The number of halogens is 1. The van der Waals surface area contributed by atoms with Crippen LogP contribution in [0.25, 0.3) is 0 Å². The van der Waals surface area contributed by atoms with Crippen molar-refractivity contribution in [3.63, 3.8) is 0 Å². The summed E-state index contributed by atoms with van der Waals surface area (Å²) in [5, 5.41) is 0. The fraction of sp³-hybridized carbons (Fsp3) is 0.294. The molecule has 2 aromatic rings. The standard InChI is InChI=1S/C17H22ClO2P/c1-13(2)21(18,19-16-9-5-14(3)6-10-16)20-17-11-7-15(4)8-12-17/h5-13,21H,1-4H3. The molecule has 0 aliphatic carbocycles. The van der Waals surface area contributed by atoms with Gasteiger partial charge in [-0.1, -0.05) is 0 Å². The minimum atomic E-state index is -2.87. The van der Waals surface area contributed by atoms with E-state index < -0.39 is 7.07 Å². The molecule has 0 N–H and O–H groups in total. The van der Waals surface area contributed by atoms with Crippen LogP contribution in [0.3, 0.4) is 0 Å². The van der Waals surface area contributed by atoms with E-state index in [1.807, 2.05) is 76.2 Å². The Morgan fingerprint density at radius 3 is 1.38 bits per heavy atom. The van der Waals surface area contributed by atoms with Crippen LogP contribution >= 0.6 is 18.3 Å². The zero-order valence-corrected chi connectivity index (χ0v) is 14.6. The molecule has 114 valence electrons. The summed E-state index contributed by atoms with van der Waals surface area (Å²) in [5.41, 5.74) is 2.49. The zero-order valence-electron chi connectivity index (χ0n) is 12.9. The molecule has 0 spiro atoms. The molecular formula is C17H22ClO2P. The van der Waals surface area contributed by atoms with Gasteiger partial charge in [0.25, 0.3) is 0 Å². The zero-order chi connectivity index (χ0) is 15.5. The number of hydrogen-bond acceptors (Lipinski definition) is 2. The Hall–Kier alpha value is -1.24. The molecule has 0 saturated heterocycles. The molecule has 0 unspecified atom stereocenters. The van der Waals surface area contributed by atoms with Gasteiger partial charge < -0.3 is 0 Å². The molecule has 0 saturated carbocycles. The number of aryl methyl sites for hydroxylation is 2. The number of hydrogen-bond donors (Lipinski definition) is 0. The molecule has 2 rings (SSSR count). The quantitative estimate of drug-likeness (QED) is 0.637. The molecule has 2 nitrogen and oxygen atoms in total. The van der Waals surface area contributed by atoms with Gasteiger partial charge in [-0.15, -0.1) is 0 Å². The molecule has 0 aliphatic heterocycles. The molecule has 0 heterocycles. The van der Waals surface area contributed by atoms with Crippen LogP contribution in [0.1, 0.15) is 25.0 Å². The van der Waals surface area contributed by atoms with E-state index in [0.717, 1.165) is 11.5 Å². The fourth-order valence-corrected chi connectivity index (χ4v) is 3.75. The van der Waals surface area contributed by atoms with E-state index in [9.17, 15) is 0 Å². The van der Waals surface area contributed by atoms with Gasteiger partial charge in [0.05, 0.1) is 0 Å². The number of benzene rings is 2. The van der Waals surface area contributed by atoms with Crippen LogP contribution in [0.4, 0.5) is 0 Å². The first-order chi connectivity index (χ1) is 9.89. The molecule has 0 aromatic heterocycles. The number of rotatable bonds is 5. The summed E-state index contributed by atoms with van der Waals surface area (Å²) < 4.78 is 12.1. The summed E-state index contributed by atoms with van der Waals surface area (Å²) in [5.74, 6) is 1.51. The predicted octanol–water partition coefficient (Wildman–Crippen LogP) is 5.90. The molecule has 4 heteroatoms. The second-order valence-electron chi connectivity index (χ2n) is 5.57. The normalized spacial score (nSPS) is 12.3. The van der Waals surface area contributed by atoms with E-state index >= 15 is 0 Å². The van der Waals surface area contributed by atoms with Crippen molar-refractivity contribution in [2.45, 2.75) is 33.4 Å². The second-order valence-corrected chi connectivity index (χ2v) is 9.88. The van der Waals surface area contributed by atoms with E-state index in [4.69, 9.17) is 20.3 Å². The van der Waals surface area contributed by atoms with Crippen LogP contribution in [0, 0.1) is 13.8 Å². The van der Waals surface area contributed by atoms with Crippen molar-refractivity contribution in [2.75, 3.05) is 0 Å². The van der Waals surface area contributed by atoms with Gasteiger partial charge in [-0.25, -0.2) is 0 Å². The van der Waals surface area contributed by atoms with Gasteiger partial charge in [0.2, 0.25) is 0 Å². The minimum absolute atomic E-state index is 0.113. The third-order valence-electron chi connectivity index (χ3n) is 3.25. The fourth-order valence-electron chi connectivity index (χ4n) is 1.79. The molecule has 2 aromatic carbocycles. The Kier molecular flexibility index (Phi) is 5.13. The third-order valence-corrected chi connectivity index (χ3v) is 7.43. The molecule has 0 amide bonds. The Balaban J connectivity index is 2.19. The SMILES string of the molecule is Cc1ccc(O[PH](Cl)(Oc2ccc(C)cc2)C(C)C)cc1. The molecular weight excluding hydrogens is 303 g/mol. The van der Waals surface area contributed by atoms with Crippen LogP contribution in [-0.4, -0.2) is 5.66 Å². The summed E-state index contributed by atoms with van der Waals surface area (Å²) >= 11 is 6.72. The van der Waals surface area contributed by atoms with Crippen molar-refractivity contribution >= 4 is 18.3 Å². The van der Waals surface area contributed by atoms with Crippen LogP contribution < -0.4 is 9.05 Å². The maximum atomic E-state index is 6.72. The predicted molar refractivity (Wildman–Crippen MR) is 92.9 cm³/mol. The Morgan fingerprint density at radius 1 is 0.762 bits per heavy atom. The third kappa shape index (κ3) is 4.36. The van der Waals surface area contributed by atoms with Crippen molar-refractivity contribution in [3.8, 4) is 11.5 Å². The Labute approximate surface area is 132 Å². The summed E-state index contributed by atoms with van der Waals surface area (Å²) in [6.45, 7) is 8.14. The van der Waals surface area contributed by atoms with Crippen LogP contribution in [0.5, 0.6) is 11.5 Å². The molecule has 0 atom stereocenters. The molecule has 0 bridgehead atoms. The van der Waals surface area contributed by atoms with Gasteiger partial charge in [0.15, 0.2) is 0 Å². The molecule has 0 aliphatic rings. The first-order valence-corrected chi connectivity index (χ1v) is 10.00. The summed E-state index contributed by atoms with van der Waals surface area (Å²) in [6.07, 6.45) is 0. The average Bonchev–Trinajstić information content (AvgIpc) is 2.44. The van der Waals surface area contributed by atoms with Crippen molar-refractivity contribution in [1.29, 1.82) is 0 Å². The van der Waals surface area contributed by atoms with Gasteiger partial charge in [-0.05, 0) is 0 Å². The second kappa shape index (κ2) is 6.68. The van der Waals surface area contributed by atoms with Crippen molar-refractivity contribution in [3.05, 3.63) is 59.7 Å². The average molecular weight is 325 g/mol. The van der Waals surface area contributed by atoms with Crippen molar-refractivity contribution < 1.29 is 9.05 Å². The van der Waals surface area contributed by atoms with E-state index in [-0.39, 0.29) is 5.66 Å². The van der Waals surface area contributed by atoms with E-state index in [2.05, 4.69) is 0 Å². The van der Waals surface area contributed by atoms with Gasteiger partial charge in [-0.3, -0.25) is 0 Å². The first kappa shape index (κ1) is 16.1. The van der Waals surface area contributed by atoms with Gasteiger partial charge in [-0.2, -0.15) is 0 Å². The first-order valence-electron chi connectivity index (χ1n) is 7.09. The van der Waals surface area contributed by atoms with Gasteiger partial charge >= 0.3 is 132 Å². The van der Waals surface area contributed by atoms with Crippen LogP contribution in [-0.2, 0) is 0 Å². The van der Waals surface area contributed by atoms with E-state index in [1.54, 1.807) is 0 Å². The van der Waals surface area contributed by atoms with E-state index in [1.165, 1.54) is 11.1 Å². The van der Waals surface area contributed by atoms with Crippen molar-refractivity contribution in [2.24, 2.45) is 0 Å². The summed E-state index contributed by atoms with van der Waals surface area (Å²) in [7, 11) is -2.87. The van der Waals surface area contributed by atoms with E-state index in [0.29, 0.717) is 0 Å². The molecule has 0 fully saturated rings. The Bertz CT molecular complexity index is 531. The van der Waals surface area contributed by atoms with Gasteiger partial charge in [0.1, 0.15) is 0 Å². The van der Waals surface area contributed by atoms with Gasteiger partial charge in [0, 0.05) is 0 Å². The summed E-state index contributed by atoms with van der Waals surface area (Å²) in [4.78, 5) is 0. The van der Waals surface area contributed by atoms with Crippen molar-refractivity contribution in [1.82, 2.24) is 0 Å². The summed E-state index contributed by atoms with van der Waals surface area (Å²) in [6, 6.07) is 15.8. The topological polar surface area (TPSA) is 18.5 Å². The monoisotopic (exact) mass is 324 g/mol. The molecule has 0 radical (unpaired) electrons. The maximum absolute atomic E-state index is 6.72. The Morgan fingerprint density at radius 2 is 1.10 bits per heavy atom. The molecule has 21 heavy (non-hydrogen) atoms.